The lowest BCUT2D eigenvalue weighted by molar-refractivity contribution is 0.138. The zero-order valence-electron chi connectivity index (χ0n) is 16.3. The number of hydrogen-bond acceptors (Lipinski definition) is 6. The smallest absolute Gasteiger partial charge is 0.244 e. The number of aryl methyl sites for hydroxylation is 2. The van der Waals surface area contributed by atoms with Gasteiger partial charge >= 0.3 is 0 Å². The predicted molar refractivity (Wildman–Crippen MR) is 103 cm³/mol. The van der Waals surface area contributed by atoms with Gasteiger partial charge in [-0.1, -0.05) is 0 Å². The van der Waals surface area contributed by atoms with Gasteiger partial charge in [0.15, 0.2) is 0 Å². The molecule has 0 unspecified atom stereocenters. The summed E-state index contributed by atoms with van der Waals surface area (Å²) in [6, 6.07) is 5.25. The molecule has 0 aromatic carbocycles. The highest BCUT2D eigenvalue weighted by Crippen LogP contribution is 2.26. The second-order valence-corrected chi connectivity index (χ2v) is 8.68. The van der Waals surface area contributed by atoms with Crippen molar-refractivity contribution in [3.05, 3.63) is 35.3 Å². The van der Waals surface area contributed by atoms with Crippen LogP contribution in [0, 0.1) is 25.2 Å². The zero-order chi connectivity index (χ0) is 20.3. The SMILES string of the molecule is CCn1nc(C)c(S(=O)(=O)NC2CCC(Oc3ccc(C#N)cn3)CC2)c1C. The predicted octanol–water partition coefficient (Wildman–Crippen LogP) is 2.46. The molecule has 2 heterocycles. The van der Waals surface area contributed by atoms with E-state index in [0.29, 0.717) is 42.2 Å². The molecule has 150 valence electrons. The van der Waals surface area contributed by atoms with Crippen LogP contribution < -0.4 is 9.46 Å². The number of ether oxygens (including phenoxy) is 1. The van der Waals surface area contributed by atoms with Crippen LogP contribution in [0.25, 0.3) is 0 Å². The van der Waals surface area contributed by atoms with Crippen LogP contribution in [0.2, 0.25) is 0 Å². The summed E-state index contributed by atoms with van der Waals surface area (Å²) in [5.74, 6) is 0.487. The Hall–Kier alpha value is -2.44. The fourth-order valence-electron chi connectivity index (χ4n) is 3.64. The van der Waals surface area contributed by atoms with Crippen LogP contribution in [0.15, 0.2) is 23.2 Å². The van der Waals surface area contributed by atoms with E-state index < -0.39 is 10.0 Å². The van der Waals surface area contributed by atoms with E-state index in [1.807, 2.05) is 13.0 Å². The number of rotatable bonds is 6. The molecule has 1 N–H and O–H groups in total. The lowest BCUT2D eigenvalue weighted by Crippen LogP contribution is -2.40. The quantitative estimate of drug-likeness (QED) is 0.793. The molecule has 28 heavy (non-hydrogen) atoms. The molecule has 8 nitrogen and oxygen atoms in total. The van der Waals surface area contributed by atoms with Crippen LogP contribution in [-0.4, -0.2) is 35.3 Å². The molecule has 0 spiro atoms. The van der Waals surface area contributed by atoms with Crippen molar-refractivity contribution in [3.63, 3.8) is 0 Å². The maximum Gasteiger partial charge on any atom is 0.244 e. The third kappa shape index (κ3) is 4.34. The molecule has 1 saturated carbocycles. The number of sulfonamides is 1. The number of aromatic nitrogens is 3. The van der Waals surface area contributed by atoms with Crippen LogP contribution >= 0.6 is 0 Å². The Bertz CT molecular complexity index is 968. The number of hydrogen-bond donors (Lipinski definition) is 1. The van der Waals surface area contributed by atoms with Gasteiger partial charge in [-0.05, 0) is 52.5 Å². The lowest BCUT2D eigenvalue weighted by atomic mass is 9.94. The minimum absolute atomic E-state index is 0.00694. The molecule has 0 atom stereocenters. The summed E-state index contributed by atoms with van der Waals surface area (Å²) in [4.78, 5) is 4.41. The fraction of sp³-hybridized carbons (Fsp3) is 0.526. The van der Waals surface area contributed by atoms with Gasteiger partial charge in [0.2, 0.25) is 15.9 Å². The fourth-order valence-corrected chi connectivity index (χ4v) is 5.36. The normalized spacial score (nSPS) is 19.9. The van der Waals surface area contributed by atoms with Crippen molar-refractivity contribution in [1.29, 1.82) is 5.26 Å². The average molecular weight is 404 g/mol. The van der Waals surface area contributed by atoms with Crippen LogP contribution in [0.1, 0.15) is 49.6 Å². The largest absolute Gasteiger partial charge is 0.474 e. The third-order valence-corrected chi connectivity index (χ3v) is 6.80. The zero-order valence-corrected chi connectivity index (χ0v) is 17.2. The Kier molecular flexibility index (Phi) is 6.01. The van der Waals surface area contributed by atoms with Gasteiger partial charge in [-0.15, -0.1) is 0 Å². The second-order valence-electron chi connectivity index (χ2n) is 7.03. The highest BCUT2D eigenvalue weighted by Gasteiger charge is 2.30. The molecule has 0 aliphatic heterocycles. The summed E-state index contributed by atoms with van der Waals surface area (Å²) in [6.45, 7) is 6.08. The van der Waals surface area contributed by atoms with Crippen molar-refractivity contribution >= 4 is 10.0 Å². The van der Waals surface area contributed by atoms with Gasteiger partial charge in [0, 0.05) is 24.8 Å². The van der Waals surface area contributed by atoms with Crippen molar-refractivity contribution < 1.29 is 13.2 Å². The first-order chi connectivity index (χ1) is 13.3. The highest BCUT2D eigenvalue weighted by molar-refractivity contribution is 7.89. The van der Waals surface area contributed by atoms with E-state index in [-0.39, 0.29) is 17.0 Å². The summed E-state index contributed by atoms with van der Waals surface area (Å²) in [5.41, 5.74) is 1.68. The Balaban J connectivity index is 1.59. The number of nitrogens with zero attached hydrogens (tertiary/aromatic N) is 4. The van der Waals surface area contributed by atoms with Crippen molar-refractivity contribution in [1.82, 2.24) is 19.5 Å². The summed E-state index contributed by atoms with van der Waals surface area (Å²) in [7, 11) is -3.61. The van der Waals surface area contributed by atoms with Crippen LogP contribution in [0.3, 0.4) is 0 Å². The Morgan fingerprint density at radius 3 is 2.54 bits per heavy atom. The first kappa shape index (κ1) is 20.3. The van der Waals surface area contributed by atoms with Gasteiger partial charge in [0.1, 0.15) is 17.1 Å². The molecule has 0 saturated heterocycles. The molecule has 3 rings (SSSR count). The number of nitriles is 1. The molecule has 1 aliphatic rings. The van der Waals surface area contributed by atoms with Crippen molar-refractivity contribution in [2.75, 3.05) is 0 Å². The number of nitrogens with one attached hydrogen (secondary N) is 1. The Morgan fingerprint density at radius 2 is 2.00 bits per heavy atom. The molecular formula is C19H25N5O3S. The minimum atomic E-state index is -3.61. The van der Waals surface area contributed by atoms with E-state index in [1.165, 1.54) is 6.20 Å². The van der Waals surface area contributed by atoms with Gasteiger partial charge in [0.05, 0.1) is 17.0 Å². The molecule has 0 amide bonds. The average Bonchev–Trinajstić information content (AvgIpc) is 2.98. The summed E-state index contributed by atoms with van der Waals surface area (Å²) < 4.78 is 36.2. The van der Waals surface area contributed by atoms with E-state index in [1.54, 1.807) is 30.7 Å². The van der Waals surface area contributed by atoms with Gasteiger partial charge in [-0.2, -0.15) is 10.4 Å². The maximum atomic E-state index is 12.9. The van der Waals surface area contributed by atoms with Gasteiger partial charge in [-0.3, -0.25) is 4.68 Å². The summed E-state index contributed by atoms with van der Waals surface area (Å²) in [5, 5.41) is 13.1. The molecular weight excluding hydrogens is 378 g/mol. The van der Waals surface area contributed by atoms with Crippen molar-refractivity contribution in [2.45, 2.75) is 70.0 Å². The summed E-state index contributed by atoms with van der Waals surface area (Å²) in [6.07, 6.45) is 4.34. The van der Waals surface area contributed by atoms with E-state index in [0.717, 1.165) is 12.8 Å². The Labute approximate surface area is 165 Å². The number of pyridine rings is 1. The van der Waals surface area contributed by atoms with Gasteiger partial charge in [0.25, 0.3) is 0 Å². The van der Waals surface area contributed by atoms with E-state index in [2.05, 4.69) is 14.8 Å². The molecule has 0 radical (unpaired) electrons. The minimum Gasteiger partial charge on any atom is -0.474 e. The molecule has 1 aliphatic carbocycles. The standard InChI is InChI=1S/C19H25N5O3S/c1-4-24-14(3)19(13(2)22-24)28(25,26)23-16-6-8-17(9-7-16)27-18-10-5-15(11-20)12-21-18/h5,10,12,16-17,23H,4,6-9H2,1-3H3. The lowest BCUT2D eigenvalue weighted by Gasteiger charge is -2.29. The molecule has 9 heteroatoms. The van der Waals surface area contributed by atoms with Crippen LogP contribution in [0.4, 0.5) is 0 Å². The maximum absolute atomic E-state index is 12.9. The van der Waals surface area contributed by atoms with Crippen LogP contribution in [0.5, 0.6) is 5.88 Å². The monoisotopic (exact) mass is 403 g/mol. The van der Waals surface area contributed by atoms with E-state index in [9.17, 15) is 8.42 Å². The van der Waals surface area contributed by atoms with E-state index in [4.69, 9.17) is 10.00 Å². The van der Waals surface area contributed by atoms with Gasteiger partial charge in [-0.25, -0.2) is 18.1 Å². The molecule has 2 aromatic heterocycles. The Morgan fingerprint density at radius 1 is 1.29 bits per heavy atom. The first-order valence-corrected chi connectivity index (χ1v) is 10.9. The summed E-state index contributed by atoms with van der Waals surface area (Å²) >= 11 is 0. The molecule has 2 aromatic rings. The second kappa shape index (κ2) is 8.29. The van der Waals surface area contributed by atoms with Gasteiger partial charge < -0.3 is 4.74 Å². The highest BCUT2D eigenvalue weighted by atomic mass is 32.2. The van der Waals surface area contributed by atoms with Crippen LogP contribution in [-0.2, 0) is 16.6 Å². The first-order valence-electron chi connectivity index (χ1n) is 9.43. The van der Waals surface area contributed by atoms with Crippen molar-refractivity contribution in [2.24, 2.45) is 0 Å². The third-order valence-electron chi connectivity index (χ3n) is 5.03. The van der Waals surface area contributed by atoms with Crippen molar-refractivity contribution in [3.8, 4) is 11.9 Å². The van der Waals surface area contributed by atoms with E-state index >= 15 is 0 Å². The topological polar surface area (TPSA) is 110 Å². The molecule has 1 fully saturated rings. The molecule has 0 bridgehead atoms.